The second kappa shape index (κ2) is 7.85. The molecule has 1 saturated heterocycles. The van der Waals surface area contributed by atoms with Gasteiger partial charge in [-0.05, 0) is 45.2 Å². The summed E-state index contributed by atoms with van der Waals surface area (Å²) < 4.78 is 0. The minimum absolute atomic E-state index is 0.0900. The Morgan fingerprint density at radius 3 is 2.68 bits per heavy atom. The molecule has 2 N–H and O–H groups in total. The molecule has 4 nitrogen and oxygen atoms in total. The Bertz CT molecular complexity index is 281. The van der Waals surface area contributed by atoms with Crippen LogP contribution in [0.2, 0.25) is 0 Å². The van der Waals surface area contributed by atoms with Crippen LogP contribution in [0.15, 0.2) is 0 Å². The smallest absolute Gasteiger partial charge is 0.239 e. The topological polar surface area (TPSA) is 49.6 Å². The van der Waals surface area contributed by atoms with Crippen LogP contribution in [0, 0.1) is 5.92 Å². The van der Waals surface area contributed by atoms with Gasteiger partial charge >= 0.3 is 0 Å². The summed E-state index contributed by atoms with van der Waals surface area (Å²) in [6.07, 6.45) is 5.72. The molecule has 4 heteroatoms. The van der Waals surface area contributed by atoms with Crippen LogP contribution < -0.4 is 5.73 Å². The van der Waals surface area contributed by atoms with Crippen molar-refractivity contribution in [2.24, 2.45) is 11.7 Å². The van der Waals surface area contributed by atoms with E-state index >= 15 is 0 Å². The van der Waals surface area contributed by atoms with E-state index in [1.54, 1.807) is 0 Å². The Balaban J connectivity index is 2.33. The zero-order valence-electron chi connectivity index (χ0n) is 13.1. The molecular weight excluding hydrogens is 238 g/mol. The van der Waals surface area contributed by atoms with E-state index in [2.05, 4.69) is 25.8 Å². The fourth-order valence-electron chi connectivity index (χ4n) is 2.85. The summed E-state index contributed by atoms with van der Waals surface area (Å²) in [4.78, 5) is 16.4. The zero-order valence-corrected chi connectivity index (χ0v) is 13.1. The normalized spacial score (nSPS) is 22.5. The summed E-state index contributed by atoms with van der Waals surface area (Å²) in [7, 11) is 4.07. The predicted molar refractivity (Wildman–Crippen MR) is 80.0 cm³/mol. The molecule has 0 aromatic heterocycles. The molecule has 0 bridgehead atoms. The van der Waals surface area contributed by atoms with Gasteiger partial charge in [0.1, 0.15) is 0 Å². The third-order valence-corrected chi connectivity index (χ3v) is 4.14. The Kier molecular flexibility index (Phi) is 6.80. The standard InChI is InChI=1S/C15H31N3O/c1-12(2)11-14(16)15(19)18(4)10-8-13-7-5-6-9-17(13)3/h12-14H,5-11,16H2,1-4H3/t13?,14-/m0/s1. The largest absolute Gasteiger partial charge is 0.344 e. The molecule has 0 spiro atoms. The van der Waals surface area contributed by atoms with Crippen LogP contribution in [0.25, 0.3) is 0 Å². The van der Waals surface area contributed by atoms with Gasteiger partial charge in [0.05, 0.1) is 6.04 Å². The molecule has 1 heterocycles. The molecule has 0 aromatic carbocycles. The van der Waals surface area contributed by atoms with Gasteiger partial charge in [0, 0.05) is 19.6 Å². The number of carbonyl (C=O) groups is 1. The van der Waals surface area contributed by atoms with Gasteiger partial charge in [-0.15, -0.1) is 0 Å². The van der Waals surface area contributed by atoms with E-state index in [9.17, 15) is 4.79 Å². The third-order valence-electron chi connectivity index (χ3n) is 4.14. The van der Waals surface area contributed by atoms with Crippen molar-refractivity contribution in [3.05, 3.63) is 0 Å². The second-order valence-corrected chi connectivity index (χ2v) is 6.41. The van der Waals surface area contributed by atoms with Crippen LogP contribution in [0.4, 0.5) is 0 Å². The molecule has 19 heavy (non-hydrogen) atoms. The van der Waals surface area contributed by atoms with E-state index in [1.807, 2.05) is 11.9 Å². The van der Waals surface area contributed by atoms with Gasteiger partial charge in [-0.2, -0.15) is 0 Å². The van der Waals surface area contributed by atoms with Crippen LogP contribution in [-0.2, 0) is 4.79 Å². The van der Waals surface area contributed by atoms with E-state index < -0.39 is 0 Å². The minimum Gasteiger partial charge on any atom is -0.344 e. The zero-order chi connectivity index (χ0) is 14.4. The average Bonchev–Trinajstić information content (AvgIpc) is 2.35. The van der Waals surface area contributed by atoms with Crippen molar-refractivity contribution >= 4 is 5.91 Å². The molecular formula is C15H31N3O. The number of rotatable bonds is 6. The van der Waals surface area contributed by atoms with Gasteiger partial charge in [0.25, 0.3) is 0 Å². The predicted octanol–water partition coefficient (Wildman–Crippen LogP) is 1.69. The number of carbonyl (C=O) groups excluding carboxylic acids is 1. The molecule has 1 rings (SSSR count). The first-order valence-electron chi connectivity index (χ1n) is 7.62. The molecule has 1 unspecified atom stereocenters. The molecule has 1 amide bonds. The molecule has 0 radical (unpaired) electrons. The van der Waals surface area contributed by atoms with Crippen molar-refractivity contribution in [3.8, 4) is 0 Å². The Hall–Kier alpha value is -0.610. The van der Waals surface area contributed by atoms with E-state index in [1.165, 1.54) is 25.8 Å². The second-order valence-electron chi connectivity index (χ2n) is 6.41. The highest BCUT2D eigenvalue weighted by atomic mass is 16.2. The Labute approximate surface area is 118 Å². The molecule has 112 valence electrons. The lowest BCUT2D eigenvalue weighted by atomic mass is 9.99. The summed E-state index contributed by atoms with van der Waals surface area (Å²) in [5, 5.41) is 0. The van der Waals surface area contributed by atoms with E-state index in [0.29, 0.717) is 12.0 Å². The van der Waals surface area contributed by atoms with Crippen molar-refractivity contribution < 1.29 is 4.79 Å². The summed E-state index contributed by atoms with van der Waals surface area (Å²) in [5.74, 6) is 0.559. The lowest BCUT2D eigenvalue weighted by molar-refractivity contribution is -0.131. The number of hydrogen-bond acceptors (Lipinski definition) is 3. The number of likely N-dealkylation sites (N-methyl/N-ethyl adjacent to an activating group) is 1. The molecule has 0 saturated carbocycles. The van der Waals surface area contributed by atoms with Crippen molar-refractivity contribution in [3.63, 3.8) is 0 Å². The summed E-state index contributed by atoms with van der Waals surface area (Å²) in [6.45, 7) is 6.21. The summed E-state index contributed by atoms with van der Waals surface area (Å²) >= 11 is 0. The fourth-order valence-corrected chi connectivity index (χ4v) is 2.85. The fraction of sp³-hybridized carbons (Fsp3) is 0.933. The Morgan fingerprint density at radius 1 is 1.42 bits per heavy atom. The maximum Gasteiger partial charge on any atom is 0.239 e. The first-order valence-corrected chi connectivity index (χ1v) is 7.62. The molecule has 1 fully saturated rings. The van der Waals surface area contributed by atoms with Gasteiger partial charge in [-0.3, -0.25) is 4.79 Å². The maximum atomic E-state index is 12.1. The molecule has 0 aliphatic carbocycles. The van der Waals surface area contributed by atoms with Crippen molar-refractivity contribution in [1.82, 2.24) is 9.80 Å². The highest BCUT2D eigenvalue weighted by molar-refractivity contribution is 5.81. The molecule has 1 aliphatic heterocycles. The van der Waals surface area contributed by atoms with Crippen LogP contribution in [0.1, 0.15) is 46.0 Å². The van der Waals surface area contributed by atoms with Crippen LogP contribution in [-0.4, -0.2) is 55.0 Å². The maximum absolute atomic E-state index is 12.1. The van der Waals surface area contributed by atoms with Crippen molar-refractivity contribution in [2.45, 2.75) is 58.0 Å². The highest BCUT2D eigenvalue weighted by Gasteiger charge is 2.22. The lowest BCUT2D eigenvalue weighted by Gasteiger charge is -2.34. The summed E-state index contributed by atoms with van der Waals surface area (Å²) in [6, 6.07) is 0.291. The third kappa shape index (κ3) is 5.49. The van der Waals surface area contributed by atoms with E-state index in [-0.39, 0.29) is 11.9 Å². The van der Waals surface area contributed by atoms with Gasteiger partial charge in [0.15, 0.2) is 0 Å². The van der Waals surface area contributed by atoms with Crippen molar-refractivity contribution in [2.75, 3.05) is 27.2 Å². The monoisotopic (exact) mass is 269 g/mol. The SMILES string of the molecule is CC(C)C[C@H](N)C(=O)N(C)CCC1CCCCN1C. The number of hydrogen-bond donors (Lipinski definition) is 1. The number of nitrogens with two attached hydrogens (primary N) is 1. The highest BCUT2D eigenvalue weighted by Crippen LogP contribution is 2.18. The van der Waals surface area contributed by atoms with Crippen LogP contribution in [0.3, 0.4) is 0 Å². The van der Waals surface area contributed by atoms with Gasteiger partial charge in [0.2, 0.25) is 5.91 Å². The quantitative estimate of drug-likeness (QED) is 0.798. The number of nitrogens with zero attached hydrogens (tertiary/aromatic N) is 2. The van der Waals surface area contributed by atoms with Crippen LogP contribution in [0.5, 0.6) is 0 Å². The van der Waals surface area contributed by atoms with Gasteiger partial charge in [-0.25, -0.2) is 0 Å². The first kappa shape index (κ1) is 16.4. The summed E-state index contributed by atoms with van der Waals surface area (Å²) in [5.41, 5.74) is 5.95. The number of piperidine rings is 1. The number of amides is 1. The number of likely N-dealkylation sites (tertiary alicyclic amines) is 1. The van der Waals surface area contributed by atoms with Crippen LogP contribution >= 0.6 is 0 Å². The molecule has 2 atom stereocenters. The van der Waals surface area contributed by atoms with Crippen molar-refractivity contribution in [1.29, 1.82) is 0 Å². The van der Waals surface area contributed by atoms with E-state index in [0.717, 1.165) is 19.4 Å². The first-order chi connectivity index (χ1) is 8.91. The van der Waals surface area contributed by atoms with Gasteiger partial charge < -0.3 is 15.5 Å². The molecule has 0 aromatic rings. The lowest BCUT2D eigenvalue weighted by Crippen LogP contribution is -2.45. The molecule has 1 aliphatic rings. The average molecular weight is 269 g/mol. The minimum atomic E-state index is -0.339. The Morgan fingerprint density at radius 2 is 2.11 bits per heavy atom. The van der Waals surface area contributed by atoms with E-state index in [4.69, 9.17) is 5.73 Å². The van der Waals surface area contributed by atoms with Gasteiger partial charge in [-0.1, -0.05) is 20.3 Å².